The fourth-order valence-corrected chi connectivity index (χ4v) is 2.10. The standard InChI is InChI=1S/C14H21NO2/c1-10-3-4-14(13(9-10)11(2)15)17-12-5-7-16-8-6-12/h3-4,9,11-12H,5-8,15H2,1-2H3. The molecular weight excluding hydrogens is 214 g/mol. The van der Waals surface area contributed by atoms with Crippen molar-refractivity contribution in [2.24, 2.45) is 5.73 Å². The predicted molar refractivity (Wildman–Crippen MR) is 68.3 cm³/mol. The largest absolute Gasteiger partial charge is 0.490 e. The van der Waals surface area contributed by atoms with Crippen LogP contribution in [0.3, 0.4) is 0 Å². The van der Waals surface area contributed by atoms with Crippen molar-refractivity contribution in [3.63, 3.8) is 0 Å². The van der Waals surface area contributed by atoms with Crippen LogP contribution in [0.4, 0.5) is 0 Å². The van der Waals surface area contributed by atoms with Crippen LogP contribution in [0.15, 0.2) is 18.2 Å². The number of rotatable bonds is 3. The summed E-state index contributed by atoms with van der Waals surface area (Å²) in [6.07, 6.45) is 2.20. The lowest BCUT2D eigenvalue weighted by Gasteiger charge is -2.25. The summed E-state index contributed by atoms with van der Waals surface area (Å²) in [7, 11) is 0. The molecular formula is C14H21NO2. The monoisotopic (exact) mass is 235 g/mol. The molecule has 0 spiro atoms. The van der Waals surface area contributed by atoms with E-state index in [1.54, 1.807) is 0 Å². The van der Waals surface area contributed by atoms with Gasteiger partial charge in [0.15, 0.2) is 0 Å². The van der Waals surface area contributed by atoms with Crippen molar-refractivity contribution in [2.45, 2.75) is 38.8 Å². The minimum absolute atomic E-state index is 0.00439. The fraction of sp³-hybridized carbons (Fsp3) is 0.571. The Morgan fingerprint density at radius 1 is 1.35 bits per heavy atom. The number of hydrogen-bond acceptors (Lipinski definition) is 3. The second-order valence-corrected chi connectivity index (χ2v) is 4.76. The maximum absolute atomic E-state index is 6.04. The van der Waals surface area contributed by atoms with Gasteiger partial charge in [-0.3, -0.25) is 0 Å². The number of nitrogens with two attached hydrogens (primary N) is 1. The van der Waals surface area contributed by atoms with E-state index >= 15 is 0 Å². The fourth-order valence-electron chi connectivity index (χ4n) is 2.10. The molecule has 1 fully saturated rings. The summed E-state index contributed by atoms with van der Waals surface area (Å²) in [4.78, 5) is 0. The van der Waals surface area contributed by atoms with Crippen LogP contribution in [0, 0.1) is 6.92 Å². The molecule has 3 nitrogen and oxygen atoms in total. The quantitative estimate of drug-likeness (QED) is 0.875. The Morgan fingerprint density at radius 2 is 2.06 bits per heavy atom. The van der Waals surface area contributed by atoms with Gasteiger partial charge in [0.2, 0.25) is 0 Å². The molecule has 0 amide bonds. The Kier molecular flexibility index (Phi) is 4.02. The van der Waals surface area contributed by atoms with Crippen molar-refractivity contribution in [1.82, 2.24) is 0 Å². The number of ether oxygens (including phenoxy) is 2. The van der Waals surface area contributed by atoms with Crippen LogP contribution in [0.5, 0.6) is 5.75 Å². The normalized spacial score (nSPS) is 19.0. The van der Waals surface area contributed by atoms with E-state index in [4.69, 9.17) is 15.2 Å². The molecule has 94 valence electrons. The minimum Gasteiger partial charge on any atom is -0.490 e. The van der Waals surface area contributed by atoms with E-state index in [-0.39, 0.29) is 12.1 Å². The summed E-state index contributed by atoms with van der Waals surface area (Å²) >= 11 is 0. The summed E-state index contributed by atoms with van der Waals surface area (Å²) in [5, 5.41) is 0. The van der Waals surface area contributed by atoms with Gasteiger partial charge in [0.25, 0.3) is 0 Å². The number of aryl methyl sites for hydroxylation is 1. The van der Waals surface area contributed by atoms with Crippen LogP contribution in [0.2, 0.25) is 0 Å². The lowest BCUT2D eigenvalue weighted by Crippen LogP contribution is -2.26. The Balaban J connectivity index is 2.13. The van der Waals surface area contributed by atoms with E-state index in [0.29, 0.717) is 0 Å². The summed E-state index contributed by atoms with van der Waals surface area (Å²) in [6, 6.07) is 6.22. The molecule has 3 heteroatoms. The number of benzene rings is 1. The maximum Gasteiger partial charge on any atom is 0.124 e. The second-order valence-electron chi connectivity index (χ2n) is 4.76. The molecule has 1 saturated heterocycles. The smallest absolute Gasteiger partial charge is 0.124 e. The van der Waals surface area contributed by atoms with Gasteiger partial charge in [-0.15, -0.1) is 0 Å². The first-order chi connectivity index (χ1) is 8.16. The Labute approximate surface area is 103 Å². The van der Waals surface area contributed by atoms with Gasteiger partial charge < -0.3 is 15.2 Å². The van der Waals surface area contributed by atoms with Gasteiger partial charge in [0.05, 0.1) is 13.2 Å². The second kappa shape index (κ2) is 5.52. The molecule has 1 aromatic carbocycles. The molecule has 1 aromatic rings. The van der Waals surface area contributed by atoms with Gasteiger partial charge in [0.1, 0.15) is 11.9 Å². The summed E-state index contributed by atoms with van der Waals surface area (Å²) in [6.45, 7) is 5.66. The van der Waals surface area contributed by atoms with Crippen LogP contribution in [-0.2, 0) is 4.74 Å². The van der Waals surface area contributed by atoms with Gasteiger partial charge in [-0.2, -0.15) is 0 Å². The van der Waals surface area contributed by atoms with Gasteiger partial charge in [-0.25, -0.2) is 0 Å². The molecule has 0 aromatic heterocycles. The van der Waals surface area contributed by atoms with Crippen molar-refractivity contribution in [2.75, 3.05) is 13.2 Å². The van der Waals surface area contributed by atoms with Crippen molar-refractivity contribution in [3.8, 4) is 5.75 Å². The molecule has 0 aliphatic carbocycles. The third kappa shape index (κ3) is 3.20. The van der Waals surface area contributed by atoms with E-state index in [0.717, 1.165) is 37.4 Å². The van der Waals surface area contributed by atoms with E-state index in [1.807, 2.05) is 13.0 Å². The first kappa shape index (κ1) is 12.4. The molecule has 1 unspecified atom stereocenters. The molecule has 0 bridgehead atoms. The van der Waals surface area contributed by atoms with Crippen molar-refractivity contribution in [3.05, 3.63) is 29.3 Å². The molecule has 17 heavy (non-hydrogen) atoms. The first-order valence-electron chi connectivity index (χ1n) is 6.27. The SMILES string of the molecule is Cc1ccc(OC2CCOCC2)c(C(C)N)c1. The highest BCUT2D eigenvalue weighted by molar-refractivity contribution is 5.38. The van der Waals surface area contributed by atoms with Crippen molar-refractivity contribution >= 4 is 0 Å². The van der Waals surface area contributed by atoms with E-state index < -0.39 is 0 Å². The molecule has 1 aliphatic rings. The molecule has 1 aliphatic heterocycles. The molecule has 2 rings (SSSR count). The van der Waals surface area contributed by atoms with E-state index in [9.17, 15) is 0 Å². The third-order valence-electron chi connectivity index (χ3n) is 3.12. The summed E-state index contributed by atoms with van der Waals surface area (Å²) < 4.78 is 11.4. The third-order valence-corrected chi connectivity index (χ3v) is 3.12. The highest BCUT2D eigenvalue weighted by atomic mass is 16.5. The lowest BCUT2D eigenvalue weighted by molar-refractivity contribution is 0.0251. The zero-order valence-electron chi connectivity index (χ0n) is 10.6. The van der Waals surface area contributed by atoms with Gasteiger partial charge in [-0.05, 0) is 19.9 Å². The van der Waals surface area contributed by atoms with Crippen molar-refractivity contribution < 1.29 is 9.47 Å². The predicted octanol–water partition coefficient (Wildman–Crippen LogP) is 2.57. The van der Waals surface area contributed by atoms with E-state index in [2.05, 4.69) is 19.1 Å². The van der Waals surface area contributed by atoms with Crippen LogP contribution in [-0.4, -0.2) is 19.3 Å². The summed E-state index contributed by atoms with van der Waals surface area (Å²) in [5.74, 6) is 0.928. The average Bonchev–Trinajstić information content (AvgIpc) is 2.32. The van der Waals surface area contributed by atoms with Crippen LogP contribution in [0.25, 0.3) is 0 Å². The lowest BCUT2D eigenvalue weighted by atomic mass is 10.0. The topological polar surface area (TPSA) is 44.5 Å². The highest BCUT2D eigenvalue weighted by Crippen LogP contribution is 2.27. The van der Waals surface area contributed by atoms with Crippen LogP contribution < -0.4 is 10.5 Å². The highest BCUT2D eigenvalue weighted by Gasteiger charge is 2.17. The van der Waals surface area contributed by atoms with Crippen LogP contribution >= 0.6 is 0 Å². The van der Waals surface area contributed by atoms with Crippen molar-refractivity contribution in [1.29, 1.82) is 0 Å². The summed E-state index contributed by atoms with van der Waals surface area (Å²) in [5.41, 5.74) is 8.30. The number of hydrogen-bond donors (Lipinski definition) is 1. The molecule has 1 atom stereocenters. The average molecular weight is 235 g/mol. The Hall–Kier alpha value is -1.06. The van der Waals surface area contributed by atoms with Gasteiger partial charge in [-0.1, -0.05) is 17.7 Å². The Bertz CT molecular complexity index is 370. The van der Waals surface area contributed by atoms with E-state index in [1.165, 1.54) is 5.56 Å². The molecule has 0 saturated carbocycles. The Morgan fingerprint density at radius 3 is 2.71 bits per heavy atom. The zero-order chi connectivity index (χ0) is 12.3. The zero-order valence-corrected chi connectivity index (χ0v) is 10.6. The van der Waals surface area contributed by atoms with Crippen LogP contribution in [0.1, 0.15) is 36.9 Å². The van der Waals surface area contributed by atoms with Gasteiger partial charge in [0, 0.05) is 24.4 Å². The first-order valence-corrected chi connectivity index (χ1v) is 6.27. The maximum atomic E-state index is 6.04. The minimum atomic E-state index is 0.00439. The molecule has 1 heterocycles. The molecule has 0 radical (unpaired) electrons. The molecule has 2 N–H and O–H groups in total. The van der Waals surface area contributed by atoms with Gasteiger partial charge >= 0.3 is 0 Å².